The van der Waals surface area contributed by atoms with Gasteiger partial charge in [0, 0.05) is 24.8 Å². The molecule has 2 aromatic heterocycles. The zero-order chi connectivity index (χ0) is 34.9. The Bertz CT molecular complexity index is 2440. The third-order valence-corrected chi connectivity index (χ3v) is 10.5. The Morgan fingerprint density at radius 1 is 0.540 bits per heavy atom. The van der Waals surface area contributed by atoms with E-state index < -0.39 is 0 Å². The first-order valence-corrected chi connectivity index (χ1v) is 18.2. The van der Waals surface area contributed by atoms with Gasteiger partial charge in [-0.15, -0.1) is 0 Å². The van der Waals surface area contributed by atoms with Gasteiger partial charge in [0.2, 0.25) is 0 Å². The Hall–Kier alpha value is -4.08. The number of rotatable bonds is 5. The van der Waals surface area contributed by atoms with E-state index >= 15 is 0 Å². The predicted octanol–water partition coefficient (Wildman–Crippen LogP) is 9.36. The number of imide groups is 1. The van der Waals surface area contributed by atoms with Crippen molar-refractivity contribution < 1.29 is 9.59 Å². The van der Waals surface area contributed by atoms with Crippen molar-refractivity contribution in [3.05, 3.63) is 149 Å². The van der Waals surface area contributed by atoms with Crippen molar-refractivity contribution in [3.63, 3.8) is 0 Å². The summed E-state index contributed by atoms with van der Waals surface area (Å²) in [5, 5.41) is 1.18. The van der Waals surface area contributed by atoms with Crippen LogP contribution < -0.4 is 5.73 Å². The summed E-state index contributed by atoms with van der Waals surface area (Å²) in [6.07, 6.45) is 0. The SMILES string of the molecule is NCc1nc2c(I)cccc2nc1-c1ccccc1Cl.O=C1c2ccccc2C(=O)N1Cc1nc2c(I)cccc2nc1-c1ccccc1Cl. The van der Waals surface area contributed by atoms with Crippen LogP contribution in [0.15, 0.2) is 109 Å². The van der Waals surface area contributed by atoms with E-state index in [1.807, 2.05) is 78.9 Å². The lowest BCUT2D eigenvalue weighted by molar-refractivity contribution is 0.0640. The van der Waals surface area contributed by atoms with E-state index in [-0.39, 0.29) is 18.4 Å². The minimum absolute atomic E-state index is 0.0147. The Morgan fingerprint density at radius 2 is 0.960 bits per heavy atom. The molecule has 50 heavy (non-hydrogen) atoms. The minimum atomic E-state index is -0.328. The van der Waals surface area contributed by atoms with Crippen LogP contribution in [-0.4, -0.2) is 36.7 Å². The first-order chi connectivity index (χ1) is 24.2. The highest BCUT2D eigenvalue weighted by molar-refractivity contribution is 14.1. The molecule has 0 fully saturated rings. The fourth-order valence-corrected chi connectivity index (χ4v) is 7.34. The standard InChI is InChI=1S/C23H13ClIN3O2.C15H11ClIN3/c24-16-9-4-3-8-15(16)20-19(27-21-17(25)10-5-11-18(21)26-20)12-28-22(29)13-6-1-2-7-14(13)23(28)30;16-10-5-2-1-4-9(10)14-13(8-18)20-15-11(17)6-3-7-12(15)19-14/h1-11H,12H2;1-7H,8,18H2. The van der Waals surface area contributed by atoms with Gasteiger partial charge in [0.05, 0.1) is 61.5 Å². The molecule has 5 aromatic carbocycles. The second kappa shape index (κ2) is 14.6. The molecule has 3 heterocycles. The Balaban J connectivity index is 0.000000170. The maximum absolute atomic E-state index is 12.9. The van der Waals surface area contributed by atoms with Crippen molar-refractivity contribution in [1.29, 1.82) is 0 Å². The highest BCUT2D eigenvalue weighted by Gasteiger charge is 2.36. The fourth-order valence-electron chi connectivity index (χ4n) is 5.68. The van der Waals surface area contributed by atoms with E-state index in [4.69, 9.17) is 43.9 Å². The molecule has 1 aliphatic rings. The molecule has 2 amide bonds. The first-order valence-electron chi connectivity index (χ1n) is 15.3. The summed E-state index contributed by atoms with van der Waals surface area (Å²) < 4.78 is 2.00. The number of hydrogen-bond donors (Lipinski definition) is 1. The topological polar surface area (TPSA) is 115 Å². The van der Waals surface area contributed by atoms with Gasteiger partial charge in [0.15, 0.2) is 0 Å². The summed E-state index contributed by atoms with van der Waals surface area (Å²) in [5.41, 5.74) is 14.0. The number of benzene rings is 5. The molecule has 0 saturated carbocycles. The van der Waals surface area contributed by atoms with Crippen LogP contribution in [0.3, 0.4) is 0 Å². The monoisotopic (exact) mass is 920 g/mol. The van der Waals surface area contributed by atoms with E-state index in [1.165, 1.54) is 4.90 Å². The first kappa shape index (κ1) is 34.4. The van der Waals surface area contributed by atoms with E-state index in [2.05, 4.69) is 50.2 Å². The molecule has 0 radical (unpaired) electrons. The minimum Gasteiger partial charge on any atom is -0.325 e. The van der Waals surface area contributed by atoms with Crippen LogP contribution in [0.4, 0.5) is 0 Å². The second-order valence-electron chi connectivity index (χ2n) is 11.2. The Labute approximate surface area is 324 Å². The molecule has 1 aliphatic heterocycles. The van der Waals surface area contributed by atoms with Gasteiger partial charge in [0.25, 0.3) is 11.8 Å². The maximum atomic E-state index is 12.9. The molecule has 0 saturated heterocycles. The van der Waals surface area contributed by atoms with Crippen LogP contribution >= 0.6 is 68.4 Å². The van der Waals surface area contributed by atoms with Crippen molar-refractivity contribution in [2.45, 2.75) is 13.1 Å². The number of nitrogens with two attached hydrogens (primary N) is 1. The summed E-state index contributed by atoms with van der Waals surface area (Å²) in [6.45, 7) is 0.343. The maximum Gasteiger partial charge on any atom is 0.261 e. The van der Waals surface area contributed by atoms with E-state index in [1.54, 1.807) is 30.3 Å². The molecule has 8 nitrogen and oxygen atoms in total. The van der Waals surface area contributed by atoms with Gasteiger partial charge in [0.1, 0.15) is 11.0 Å². The molecule has 12 heteroatoms. The van der Waals surface area contributed by atoms with E-state index in [0.29, 0.717) is 44.7 Å². The zero-order valence-corrected chi connectivity index (χ0v) is 31.8. The summed E-state index contributed by atoms with van der Waals surface area (Å²) >= 11 is 17.2. The third-order valence-electron chi connectivity index (χ3n) is 8.07. The van der Waals surface area contributed by atoms with Crippen molar-refractivity contribution >= 4 is 102 Å². The average Bonchev–Trinajstić information content (AvgIpc) is 3.37. The van der Waals surface area contributed by atoms with Crippen molar-refractivity contribution in [1.82, 2.24) is 24.8 Å². The summed E-state index contributed by atoms with van der Waals surface area (Å²) in [4.78, 5) is 46.0. The predicted molar refractivity (Wildman–Crippen MR) is 214 cm³/mol. The number of aromatic nitrogens is 4. The number of fused-ring (bicyclic) bond motifs is 3. The van der Waals surface area contributed by atoms with Gasteiger partial charge in [-0.1, -0.05) is 83.9 Å². The van der Waals surface area contributed by atoms with Gasteiger partial charge < -0.3 is 5.73 Å². The van der Waals surface area contributed by atoms with Crippen LogP contribution in [0, 0.1) is 7.14 Å². The smallest absolute Gasteiger partial charge is 0.261 e. The van der Waals surface area contributed by atoms with Crippen molar-refractivity contribution in [2.75, 3.05) is 0 Å². The Kier molecular flexibility index (Phi) is 10.1. The molecule has 7 aromatic rings. The molecule has 2 N–H and O–H groups in total. The largest absolute Gasteiger partial charge is 0.325 e. The van der Waals surface area contributed by atoms with Crippen LogP contribution in [0.1, 0.15) is 32.1 Å². The third kappa shape index (κ3) is 6.58. The van der Waals surface area contributed by atoms with E-state index in [0.717, 1.165) is 46.2 Å². The quantitative estimate of drug-likeness (QED) is 0.135. The van der Waals surface area contributed by atoms with Crippen LogP contribution in [0.5, 0.6) is 0 Å². The molecule has 8 rings (SSSR count). The average molecular weight is 921 g/mol. The Morgan fingerprint density at radius 3 is 1.42 bits per heavy atom. The molecule has 0 bridgehead atoms. The van der Waals surface area contributed by atoms with Gasteiger partial charge in [-0.3, -0.25) is 14.5 Å². The lowest BCUT2D eigenvalue weighted by Gasteiger charge is -2.17. The zero-order valence-electron chi connectivity index (χ0n) is 25.9. The van der Waals surface area contributed by atoms with Gasteiger partial charge in [-0.25, -0.2) is 19.9 Å². The fraction of sp³-hybridized carbons (Fsp3) is 0.0526. The van der Waals surface area contributed by atoms with Crippen LogP contribution in [0.2, 0.25) is 10.0 Å². The molecule has 0 aliphatic carbocycles. The van der Waals surface area contributed by atoms with Crippen LogP contribution in [0.25, 0.3) is 44.6 Å². The number of para-hydroxylation sites is 2. The number of nitrogens with zero attached hydrogens (tertiary/aromatic N) is 5. The lowest BCUT2D eigenvalue weighted by atomic mass is 10.1. The molecule has 0 unspecified atom stereocenters. The number of hydrogen-bond acceptors (Lipinski definition) is 7. The number of carbonyl (C=O) groups excluding carboxylic acids is 2. The second-order valence-corrected chi connectivity index (χ2v) is 14.3. The number of carbonyl (C=O) groups is 2. The highest BCUT2D eigenvalue weighted by atomic mass is 127. The van der Waals surface area contributed by atoms with E-state index in [9.17, 15) is 9.59 Å². The summed E-state index contributed by atoms with van der Waals surface area (Å²) in [7, 11) is 0. The summed E-state index contributed by atoms with van der Waals surface area (Å²) in [5.74, 6) is -0.657. The van der Waals surface area contributed by atoms with Gasteiger partial charge in [-0.2, -0.15) is 0 Å². The molecule has 0 spiro atoms. The molecular formula is C38H24Cl2I2N6O2. The summed E-state index contributed by atoms with van der Waals surface area (Å²) in [6, 6.07) is 33.5. The number of halogens is 4. The molecule has 246 valence electrons. The van der Waals surface area contributed by atoms with Gasteiger partial charge in [-0.05, 0) is 93.7 Å². The molecule has 0 atom stereocenters. The molecular weight excluding hydrogens is 897 g/mol. The van der Waals surface area contributed by atoms with Crippen LogP contribution in [-0.2, 0) is 13.1 Å². The van der Waals surface area contributed by atoms with Crippen molar-refractivity contribution in [3.8, 4) is 22.5 Å². The normalized spacial score (nSPS) is 12.3. The lowest BCUT2D eigenvalue weighted by Crippen LogP contribution is -2.30. The van der Waals surface area contributed by atoms with Crippen molar-refractivity contribution in [2.24, 2.45) is 5.73 Å². The highest BCUT2D eigenvalue weighted by Crippen LogP contribution is 2.33. The number of amides is 2. The van der Waals surface area contributed by atoms with Gasteiger partial charge >= 0.3 is 0 Å².